The second kappa shape index (κ2) is 9.93. The van der Waals surface area contributed by atoms with E-state index in [0.717, 1.165) is 11.1 Å². The molecule has 2 aromatic rings. The standard InChI is InChI=1S/C16H22N2O3P.BrH/c1-3-20-22(19,21-4-2)14-13-18-11-7-16(8-12-18)15-5-9-17-10-6-15;/h5-12H,3-4,13-14H2,1-2H3;1H/q+1;/p-1. The Hall–Kier alpha value is -1.07. The van der Waals surface area contributed by atoms with Crippen molar-refractivity contribution in [3.8, 4) is 11.1 Å². The van der Waals surface area contributed by atoms with E-state index in [1.807, 2.05) is 55.1 Å². The van der Waals surface area contributed by atoms with Gasteiger partial charge in [0.15, 0.2) is 18.9 Å². The SMILES string of the molecule is CCOP(=O)(CC[n+]1ccc(-c2ccncc2)cc1)OCC.[Br-]. The van der Waals surface area contributed by atoms with Crippen LogP contribution in [0.1, 0.15) is 13.8 Å². The largest absolute Gasteiger partial charge is 1.00 e. The van der Waals surface area contributed by atoms with Gasteiger partial charge in [-0.3, -0.25) is 9.55 Å². The monoisotopic (exact) mass is 400 g/mol. The van der Waals surface area contributed by atoms with E-state index in [2.05, 4.69) is 4.98 Å². The number of hydrogen-bond acceptors (Lipinski definition) is 4. The normalized spacial score (nSPS) is 11.0. The highest BCUT2D eigenvalue weighted by Gasteiger charge is 2.25. The van der Waals surface area contributed by atoms with Gasteiger partial charge in [-0.1, -0.05) is 0 Å². The van der Waals surface area contributed by atoms with Gasteiger partial charge in [-0.15, -0.1) is 0 Å². The van der Waals surface area contributed by atoms with Crippen LogP contribution in [0.3, 0.4) is 0 Å². The lowest BCUT2D eigenvalue weighted by Crippen LogP contribution is -3.00. The van der Waals surface area contributed by atoms with Crippen molar-refractivity contribution in [1.82, 2.24) is 4.98 Å². The summed E-state index contributed by atoms with van der Waals surface area (Å²) in [4.78, 5) is 4.02. The van der Waals surface area contributed by atoms with Crippen molar-refractivity contribution in [2.45, 2.75) is 20.4 Å². The molecule has 2 heterocycles. The topological polar surface area (TPSA) is 52.3 Å². The van der Waals surface area contributed by atoms with Crippen LogP contribution in [0.15, 0.2) is 49.1 Å². The Balaban J connectivity index is 0.00000264. The van der Waals surface area contributed by atoms with E-state index >= 15 is 0 Å². The molecule has 0 aliphatic heterocycles. The molecule has 0 unspecified atom stereocenters. The first-order valence-electron chi connectivity index (χ1n) is 7.44. The lowest BCUT2D eigenvalue weighted by Gasteiger charge is -2.15. The van der Waals surface area contributed by atoms with Gasteiger partial charge in [0.1, 0.15) is 6.16 Å². The molecule has 2 rings (SSSR count). The fraction of sp³-hybridized carbons (Fsp3) is 0.375. The summed E-state index contributed by atoms with van der Waals surface area (Å²) in [6, 6.07) is 8.00. The van der Waals surface area contributed by atoms with Gasteiger partial charge in [-0.05, 0) is 37.1 Å². The molecule has 0 radical (unpaired) electrons. The molecule has 5 nitrogen and oxygen atoms in total. The molecular weight excluding hydrogens is 379 g/mol. The molecule has 0 spiro atoms. The maximum Gasteiger partial charge on any atom is 0.337 e. The summed E-state index contributed by atoms with van der Waals surface area (Å²) in [6.45, 7) is 5.02. The summed E-state index contributed by atoms with van der Waals surface area (Å²) < 4.78 is 25.0. The molecule has 0 aliphatic carbocycles. The minimum Gasteiger partial charge on any atom is -1.00 e. The quantitative estimate of drug-likeness (QED) is 0.472. The predicted octanol–water partition coefficient (Wildman–Crippen LogP) is 0.306. The van der Waals surface area contributed by atoms with E-state index in [1.54, 1.807) is 12.4 Å². The van der Waals surface area contributed by atoms with Crippen molar-refractivity contribution >= 4 is 7.60 Å². The van der Waals surface area contributed by atoms with Crippen LogP contribution >= 0.6 is 7.60 Å². The minimum atomic E-state index is -2.98. The highest BCUT2D eigenvalue weighted by molar-refractivity contribution is 7.53. The Morgan fingerprint density at radius 1 is 1.00 bits per heavy atom. The van der Waals surface area contributed by atoms with Gasteiger partial charge in [0.25, 0.3) is 0 Å². The maximum atomic E-state index is 12.4. The first-order valence-corrected chi connectivity index (χ1v) is 9.17. The Labute approximate surface area is 148 Å². The Morgan fingerprint density at radius 2 is 1.52 bits per heavy atom. The molecule has 0 aliphatic rings. The van der Waals surface area contributed by atoms with E-state index in [4.69, 9.17) is 9.05 Å². The molecule has 0 amide bonds. The summed E-state index contributed by atoms with van der Waals surface area (Å²) in [5.74, 6) is 0. The number of aromatic nitrogens is 2. The number of hydrogen-bond donors (Lipinski definition) is 0. The number of halogens is 1. The fourth-order valence-electron chi connectivity index (χ4n) is 2.14. The van der Waals surface area contributed by atoms with Crippen LogP contribution in [0, 0.1) is 0 Å². The molecule has 0 atom stereocenters. The molecule has 7 heteroatoms. The summed E-state index contributed by atoms with van der Waals surface area (Å²) in [6.07, 6.45) is 7.86. The summed E-state index contributed by atoms with van der Waals surface area (Å²) >= 11 is 0. The Morgan fingerprint density at radius 3 is 2.04 bits per heavy atom. The van der Waals surface area contributed by atoms with Crippen LogP contribution in [0.4, 0.5) is 0 Å². The summed E-state index contributed by atoms with van der Waals surface area (Å²) in [7, 11) is -2.98. The number of nitrogens with zero attached hydrogens (tertiary/aromatic N) is 2. The summed E-state index contributed by atoms with van der Waals surface area (Å²) in [5, 5.41) is 0. The van der Waals surface area contributed by atoms with Crippen molar-refractivity contribution in [2.75, 3.05) is 19.4 Å². The van der Waals surface area contributed by atoms with Crippen LogP contribution in [-0.2, 0) is 20.2 Å². The average Bonchev–Trinajstić information content (AvgIpc) is 2.55. The van der Waals surface area contributed by atoms with Gasteiger partial charge in [0.05, 0.1) is 13.2 Å². The van der Waals surface area contributed by atoms with Gasteiger partial charge in [-0.2, -0.15) is 0 Å². The van der Waals surface area contributed by atoms with Gasteiger partial charge in [-0.25, -0.2) is 4.57 Å². The smallest absolute Gasteiger partial charge is 0.337 e. The maximum absolute atomic E-state index is 12.4. The van der Waals surface area contributed by atoms with Crippen LogP contribution < -0.4 is 21.5 Å². The Bertz CT molecular complexity index is 613. The third-order valence-corrected chi connectivity index (χ3v) is 5.24. The molecular formula is C16H22BrN2O3P. The lowest BCUT2D eigenvalue weighted by atomic mass is 10.1. The molecule has 0 saturated carbocycles. The molecule has 2 aromatic heterocycles. The fourth-order valence-corrected chi connectivity index (χ4v) is 3.74. The van der Waals surface area contributed by atoms with Gasteiger partial charge >= 0.3 is 7.60 Å². The number of rotatable bonds is 8. The zero-order valence-electron chi connectivity index (χ0n) is 13.4. The molecule has 23 heavy (non-hydrogen) atoms. The van der Waals surface area contributed by atoms with Gasteiger partial charge in [0, 0.05) is 24.5 Å². The third-order valence-electron chi connectivity index (χ3n) is 3.19. The van der Waals surface area contributed by atoms with Crippen molar-refractivity contribution in [2.24, 2.45) is 0 Å². The van der Waals surface area contributed by atoms with Gasteiger partial charge < -0.3 is 26.0 Å². The van der Waals surface area contributed by atoms with E-state index in [0.29, 0.717) is 25.9 Å². The van der Waals surface area contributed by atoms with Crippen LogP contribution in [-0.4, -0.2) is 24.4 Å². The highest BCUT2D eigenvalue weighted by atomic mass is 79.9. The van der Waals surface area contributed by atoms with Crippen molar-refractivity contribution in [3.05, 3.63) is 49.1 Å². The predicted molar refractivity (Wildman–Crippen MR) is 85.6 cm³/mol. The molecule has 0 fully saturated rings. The molecule has 0 bridgehead atoms. The van der Waals surface area contributed by atoms with E-state index in [1.165, 1.54) is 0 Å². The second-order valence-electron chi connectivity index (χ2n) is 4.73. The first kappa shape index (κ1) is 20.0. The lowest BCUT2D eigenvalue weighted by molar-refractivity contribution is -0.692. The molecule has 0 saturated heterocycles. The highest BCUT2D eigenvalue weighted by Crippen LogP contribution is 2.47. The number of aryl methyl sites for hydroxylation is 1. The van der Waals surface area contributed by atoms with E-state index < -0.39 is 7.60 Å². The molecule has 0 aromatic carbocycles. The van der Waals surface area contributed by atoms with Crippen LogP contribution in [0.2, 0.25) is 0 Å². The summed E-state index contributed by atoms with van der Waals surface area (Å²) in [5.41, 5.74) is 2.24. The molecule has 126 valence electrons. The van der Waals surface area contributed by atoms with E-state index in [9.17, 15) is 4.57 Å². The number of pyridine rings is 2. The third kappa shape index (κ3) is 6.15. The first-order chi connectivity index (χ1) is 10.7. The van der Waals surface area contributed by atoms with Crippen molar-refractivity contribution < 1.29 is 35.2 Å². The van der Waals surface area contributed by atoms with Crippen molar-refractivity contribution in [1.29, 1.82) is 0 Å². The van der Waals surface area contributed by atoms with Crippen molar-refractivity contribution in [3.63, 3.8) is 0 Å². The average molecular weight is 401 g/mol. The minimum absolute atomic E-state index is 0. The Kier molecular flexibility index (Phi) is 8.63. The van der Waals surface area contributed by atoms with E-state index in [-0.39, 0.29) is 17.0 Å². The zero-order valence-corrected chi connectivity index (χ0v) is 15.9. The van der Waals surface area contributed by atoms with Gasteiger partial charge in [0.2, 0.25) is 0 Å². The molecule has 0 N–H and O–H groups in total. The van der Waals surface area contributed by atoms with Crippen LogP contribution in [0.5, 0.6) is 0 Å². The van der Waals surface area contributed by atoms with Crippen LogP contribution in [0.25, 0.3) is 11.1 Å². The second-order valence-corrected chi connectivity index (χ2v) is 6.92. The zero-order chi connectivity index (χ0) is 15.8.